The van der Waals surface area contributed by atoms with E-state index in [0.29, 0.717) is 43.9 Å². The lowest BCUT2D eigenvalue weighted by molar-refractivity contribution is -0.149. The second kappa shape index (κ2) is 12.4. The van der Waals surface area contributed by atoms with E-state index in [2.05, 4.69) is 23.1 Å². The predicted molar refractivity (Wildman–Crippen MR) is 150 cm³/mol. The highest BCUT2D eigenvalue weighted by Gasteiger charge is 2.28. The highest BCUT2D eigenvalue weighted by Crippen LogP contribution is 2.29. The molecule has 0 bridgehead atoms. The average molecular weight is 531 g/mol. The summed E-state index contributed by atoms with van der Waals surface area (Å²) >= 11 is 1.59. The number of carbonyl (C=O) groups is 2. The molecule has 8 heteroatoms. The van der Waals surface area contributed by atoms with Gasteiger partial charge in [0.05, 0.1) is 18.2 Å². The number of esters is 1. The first-order valence-electron chi connectivity index (χ1n) is 13.5. The highest BCUT2D eigenvalue weighted by atomic mass is 32.2. The van der Waals surface area contributed by atoms with Crippen LogP contribution in [0.4, 0.5) is 5.82 Å². The molecule has 5 rings (SSSR count). The largest absolute Gasteiger partial charge is 0.466 e. The molecule has 1 aromatic heterocycles. The Bertz CT molecular complexity index is 1260. The molecular formula is C30H34N4O3S. The number of aromatic nitrogens is 2. The number of amides is 1. The van der Waals surface area contributed by atoms with E-state index in [9.17, 15) is 9.59 Å². The topological polar surface area (TPSA) is 75.6 Å². The summed E-state index contributed by atoms with van der Waals surface area (Å²) in [6, 6.07) is 20.1. The van der Waals surface area contributed by atoms with E-state index in [1.54, 1.807) is 11.8 Å². The minimum Gasteiger partial charge on any atom is -0.466 e. The number of anilines is 1. The Morgan fingerprint density at radius 2 is 1.71 bits per heavy atom. The van der Waals surface area contributed by atoms with Crippen molar-refractivity contribution >= 4 is 29.5 Å². The zero-order valence-corrected chi connectivity index (χ0v) is 22.7. The second-order valence-electron chi connectivity index (χ2n) is 9.76. The first-order chi connectivity index (χ1) is 18.6. The van der Waals surface area contributed by atoms with Gasteiger partial charge < -0.3 is 14.5 Å². The summed E-state index contributed by atoms with van der Waals surface area (Å²) in [6.45, 7) is 5.40. The Kier molecular flexibility index (Phi) is 8.58. The van der Waals surface area contributed by atoms with Crippen molar-refractivity contribution in [2.45, 2.75) is 43.5 Å². The number of thioether (sulfide) groups is 1. The maximum atomic E-state index is 13.2. The van der Waals surface area contributed by atoms with Crippen LogP contribution in [0.3, 0.4) is 0 Å². The molecule has 3 aromatic rings. The smallest absolute Gasteiger partial charge is 0.309 e. The maximum absolute atomic E-state index is 13.2. The Labute approximate surface area is 228 Å². The monoisotopic (exact) mass is 530 g/mol. The molecule has 2 fully saturated rings. The van der Waals surface area contributed by atoms with Gasteiger partial charge in [-0.2, -0.15) is 0 Å². The van der Waals surface area contributed by atoms with E-state index < -0.39 is 0 Å². The van der Waals surface area contributed by atoms with Crippen LogP contribution >= 0.6 is 11.8 Å². The molecule has 0 spiro atoms. The van der Waals surface area contributed by atoms with E-state index in [1.165, 1.54) is 12.8 Å². The van der Waals surface area contributed by atoms with Gasteiger partial charge in [-0.05, 0) is 50.3 Å². The van der Waals surface area contributed by atoms with Crippen LogP contribution in [-0.2, 0) is 15.3 Å². The van der Waals surface area contributed by atoms with Gasteiger partial charge in [-0.1, -0.05) is 54.2 Å². The lowest BCUT2D eigenvalue weighted by Gasteiger charge is -2.31. The molecule has 2 aliphatic heterocycles. The van der Waals surface area contributed by atoms with Crippen LogP contribution in [0, 0.1) is 5.92 Å². The molecule has 0 saturated carbocycles. The zero-order chi connectivity index (χ0) is 26.3. The van der Waals surface area contributed by atoms with Crippen LogP contribution in [0.15, 0.2) is 65.8 Å². The fourth-order valence-electron chi connectivity index (χ4n) is 5.05. The summed E-state index contributed by atoms with van der Waals surface area (Å²) in [7, 11) is 0. The average Bonchev–Trinajstić information content (AvgIpc) is 3.52. The fraction of sp³-hybridized carbons (Fsp3) is 0.400. The number of hydrogen-bond acceptors (Lipinski definition) is 7. The Morgan fingerprint density at radius 1 is 0.947 bits per heavy atom. The first-order valence-corrected chi connectivity index (χ1v) is 14.5. The van der Waals surface area contributed by atoms with E-state index in [1.807, 2.05) is 54.3 Å². The number of carbonyl (C=O) groups excluding carboxylic acids is 2. The van der Waals surface area contributed by atoms with Gasteiger partial charge in [0.15, 0.2) is 5.16 Å². The van der Waals surface area contributed by atoms with Crippen LogP contribution in [-0.4, -0.2) is 59.5 Å². The Balaban J connectivity index is 1.26. The molecule has 0 N–H and O–H groups in total. The predicted octanol–water partition coefficient (Wildman–Crippen LogP) is 5.45. The summed E-state index contributed by atoms with van der Waals surface area (Å²) in [4.78, 5) is 39.2. The first kappa shape index (κ1) is 26.2. The maximum Gasteiger partial charge on any atom is 0.309 e. The summed E-state index contributed by atoms with van der Waals surface area (Å²) in [6.07, 6.45) is 3.67. The third-order valence-electron chi connectivity index (χ3n) is 7.14. The molecule has 3 heterocycles. The van der Waals surface area contributed by atoms with Crippen LogP contribution in [0.25, 0.3) is 11.3 Å². The molecule has 1 amide bonds. The number of rotatable bonds is 8. The van der Waals surface area contributed by atoms with Crippen LogP contribution in [0.2, 0.25) is 0 Å². The van der Waals surface area contributed by atoms with E-state index in [4.69, 9.17) is 14.7 Å². The van der Waals surface area contributed by atoms with Gasteiger partial charge >= 0.3 is 5.97 Å². The molecule has 0 unspecified atom stereocenters. The van der Waals surface area contributed by atoms with Crippen molar-refractivity contribution in [2.75, 3.05) is 37.7 Å². The van der Waals surface area contributed by atoms with Crippen molar-refractivity contribution in [1.29, 1.82) is 0 Å². The number of benzene rings is 2. The van der Waals surface area contributed by atoms with Crippen molar-refractivity contribution in [1.82, 2.24) is 14.9 Å². The SMILES string of the molecule is CCOC(=O)C1CCN(C(=O)c2cccc(CSc3nc(-c4ccccc4)cc(N4CCCC4)n3)c2)CC1. The van der Waals surface area contributed by atoms with E-state index in [0.717, 1.165) is 40.9 Å². The molecule has 0 aliphatic carbocycles. The van der Waals surface area contributed by atoms with Crippen molar-refractivity contribution in [3.63, 3.8) is 0 Å². The molecule has 0 radical (unpaired) electrons. The minimum atomic E-state index is -0.148. The Hall–Kier alpha value is -3.39. The highest BCUT2D eigenvalue weighted by molar-refractivity contribution is 7.98. The van der Waals surface area contributed by atoms with Gasteiger partial charge in [-0.3, -0.25) is 9.59 Å². The molecule has 7 nitrogen and oxygen atoms in total. The minimum absolute atomic E-state index is 0.0119. The quantitative estimate of drug-likeness (QED) is 0.218. The number of ether oxygens (including phenoxy) is 1. The lowest BCUT2D eigenvalue weighted by atomic mass is 9.96. The van der Waals surface area contributed by atoms with Gasteiger partial charge in [0.1, 0.15) is 5.82 Å². The van der Waals surface area contributed by atoms with Crippen molar-refractivity contribution < 1.29 is 14.3 Å². The number of likely N-dealkylation sites (tertiary alicyclic amines) is 1. The molecule has 2 aromatic carbocycles. The molecule has 2 saturated heterocycles. The van der Waals surface area contributed by atoms with Gasteiger partial charge in [0, 0.05) is 49.1 Å². The summed E-state index contributed by atoms with van der Waals surface area (Å²) in [5, 5.41) is 0.742. The van der Waals surface area contributed by atoms with Gasteiger partial charge in [0.2, 0.25) is 0 Å². The van der Waals surface area contributed by atoms with Gasteiger partial charge in [0.25, 0.3) is 5.91 Å². The summed E-state index contributed by atoms with van der Waals surface area (Å²) in [5.41, 5.74) is 3.74. The lowest BCUT2D eigenvalue weighted by Crippen LogP contribution is -2.40. The van der Waals surface area contributed by atoms with Crippen LogP contribution < -0.4 is 4.90 Å². The molecule has 38 heavy (non-hydrogen) atoms. The molecule has 0 atom stereocenters. The zero-order valence-electron chi connectivity index (χ0n) is 21.8. The van der Waals surface area contributed by atoms with Gasteiger partial charge in [-0.15, -0.1) is 0 Å². The Morgan fingerprint density at radius 3 is 2.45 bits per heavy atom. The van der Waals surface area contributed by atoms with Crippen LogP contribution in [0.1, 0.15) is 48.5 Å². The number of piperidine rings is 1. The standard InChI is InChI=1S/C30H34N4O3S/c1-2-37-29(36)24-13-17-34(18-14-24)28(35)25-12-8-9-22(19-25)21-38-30-31-26(23-10-4-3-5-11-23)20-27(32-30)33-15-6-7-16-33/h3-5,8-12,19-20,24H,2,6-7,13-18,21H2,1H3. The van der Waals surface area contributed by atoms with Crippen molar-refractivity contribution in [3.05, 3.63) is 71.8 Å². The fourth-order valence-corrected chi connectivity index (χ4v) is 5.84. The van der Waals surface area contributed by atoms with E-state index >= 15 is 0 Å². The number of hydrogen-bond donors (Lipinski definition) is 0. The third kappa shape index (κ3) is 6.35. The van der Waals surface area contributed by atoms with Crippen molar-refractivity contribution in [2.24, 2.45) is 5.92 Å². The summed E-state index contributed by atoms with van der Waals surface area (Å²) < 4.78 is 5.15. The molecule has 2 aliphatic rings. The molecule has 198 valence electrons. The molecular weight excluding hydrogens is 496 g/mol. The third-order valence-corrected chi connectivity index (χ3v) is 8.05. The second-order valence-corrected chi connectivity index (χ2v) is 10.7. The number of nitrogens with zero attached hydrogens (tertiary/aromatic N) is 4. The normalized spacial score (nSPS) is 16.0. The van der Waals surface area contributed by atoms with Crippen LogP contribution in [0.5, 0.6) is 0 Å². The summed E-state index contributed by atoms with van der Waals surface area (Å²) in [5.74, 6) is 1.40. The van der Waals surface area contributed by atoms with E-state index in [-0.39, 0.29) is 17.8 Å². The van der Waals surface area contributed by atoms with Crippen molar-refractivity contribution in [3.8, 4) is 11.3 Å². The van der Waals surface area contributed by atoms with Gasteiger partial charge in [-0.25, -0.2) is 9.97 Å².